The van der Waals surface area contributed by atoms with Gasteiger partial charge in [-0.2, -0.15) is 0 Å². The van der Waals surface area contributed by atoms with Crippen molar-refractivity contribution < 1.29 is 19.1 Å². The number of carbonyl (C=O) groups excluding carboxylic acids is 3. The number of rotatable bonds is 4. The van der Waals surface area contributed by atoms with Gasteiger partial charge in [-0.1, -0.05) is 0 Å². The van der Waals surface area contributed by atoms with E-state index in [1.54, 1.807) is 11.8 Å². The Balaban J connectivity index is 1.86. The quantitative estimate of drug-likeness (QED) is 0.668. The van der Waals surface area contributed by atoms with Crippen molar-refractivity contribution in [1.82, 2.24) is 15.5 Å². The Morgan fingerprint density at radius 3 is 2.90 bits per heavy atom. The maximum atomic E-state index is 12.3. The number of nitrogens with zero attached hydrogens (tertiary/aromatic N) is 1. The van der Waals surface area contributed by atoms with Gasteiger partial charge in [0, 0.05) is 26.2 Å². The molecule has 2 aliphatic rings. The molecule has 21 heavy (non-hydrogen) atoms. The van der Waals surface area contributed by atoms with Gasteiger partial charge in [-0.15, -0.1) is 0 Å². The first-order valence-corrected chi connectivity index (χ1v) is 7.57. The lowest BCUT2D eigenvalue weighted by Gasteiger charge is -2.33. The van der Waals surface area contributed by atoms with E-state index in [0.29, 0.717) is 32.8 Å². The van der Waals surface area contributed by atoms with Gasteiger partial charge in [0.05, 0.1) is 25.0 Å². The molecule has 2 N–H and O–H groups in total. The lowest BCUT2D eigenvalue weighted by Crippen LogP contribution is -2.55. The molecular formula is C14H23N3O4. The molecule has 0 radical (unpaired) electrons. The van der Waals surface area contributed by atoms with E-state index in [4.69, 9.17) is 4.74 Å². The third-order valence-corrected chi connectivity index (χ3v) is 3.90. The fourth-order valence-corrected chi connectivity index (χ4v) is 2.77. The molecule has 2 saturated heterocycles. The molecule has 2 heterocycles. The summed E-state index contributed by atoms with van der Waals surface area (Å²) >= 11 is 0. The number of carbonyl (C=O) groups is 3. The van der Waals surface area contributed by atoms with Gasteiger partial charge in [0.15, 0.2) is 0 Å². The van der Waals surface area contributed by atoms with Crippen LogP contribution in [0.25, 0.3) is 0 Å². The zero-order chi connectivity index (χ0) is 15.2. The van der Waals surface area contributed by atoms with Gasteiger partial charge in [0.25, 0.3) is 0 Å². The average molecular weight is 297 g/mol. The van der Waals surface area contributed by atoms with Crippen LogP contribution in [0.3, 0.4) is 0 Å². The monoisotopic (exact) mass is 297 g/mol. The summed E-state index contributed by atoms with van der Waals surface area (Å²) in [6, 6.07) is -0.464. The molecule has 0 saturated carbocycles. The molecule has 7 heteroatoms. The van der Waals surface area contributed by atoms with Gasteiger partial charge < -0.3 is 20.3 Å². The van der Waals surface area contributed by atoms with E-state index >= 15 is 0 Å². The standard InChI is InChI=1S/C14H23N3O4/c1-2-21-14(20)10-4-3-7-17(9-10)12(18)8-11-13(19)16-6-5-15-11/h10-11,15H,2-9H2,1H3,(H,16,19)/t10-,11-/m1/s1. The summed E-state index contributed by atoms with van der Waals surface area (Å²) in [6.07, 6.45) is 1.69. The number of likely N-dealkylation sites (tertiary alicyclic amines) is 1. The molecule has 0 aliphatic carbocycles. The number of piperidine rings is 1. The van der Waals surface area contributed by atoms with Crippen molar-refractivity contribution in [3.05, 3.63) is 0 Å². The van der Waals surface area contributed by atoms with E-state index < -0.39 is 6.04 Å². The third kappa shape index (κ3) is 4.17. The second kappa shape index (κ2) is 7.40. The second-order valence-electron chi connectivity index (χ2n) is 5.43. The van der Waals surface area contributed by atoms with Crippen LogP contribution in [-0.2, 0) is 19.1 Å². The van der Waals surface area contributed by atoms with Crippen LogP contribution in [-0.4, -0.2) is 61.5 Å². The Hall–Kier alpha value is -1.63. The van der Waals surface area contributed by atoms with Crippen LogP contribution >= 0.6 is 0 Å². The molecule has 2 rings (SSSR count). The topological polar surface area (TPSA) is 87.7 Å². The fourth-order valence-electron chi connectivity index (χ4n) is 2.77. The first-order valence-electron chi connectivity index (χ1n) is 7.57. The van der Waals surface area contributed by atoms with Crippen LogP contribution in [0.2, 0.25) is 0 Å². The van der Waals surface area contributed by atoms with Crippen molar-refractivity contribution in [2.24, 2.45) is 5.92 Å². The van der Waals surface area contributed by atoms with E-state index in [1.165, 1.54) is 0 Å². The minimum absolute atomic E-state index is 0.0847. The van der Waals surface area contributed by atoms with Crippen molar-refractivity contribution in [1.29, 1.82) is 0 Å². The summed E-state index contributed by atoms with van der Waals surface area (Å²) in [6.45, 7) is 4.44. The van der Waals surface area contributed by atoms with Crippen LogP contribution < -0.4 is 10.6 Å². The first-order chi connectivity index (χ1) is 10.1. The summed E-state index contributed by atoms with van der Waals surface area (Å²) in [7, 11) is 0. The van der Waals surface area contributed by atoms with Crippen molar-refractivity contribution in [3.63, 3.8) is 0 Å². The van der Waals surface area contributed by atoms with Crippen molar-refractivity contribution in [2.75, 3.05) is 32.8 Å². The van der Waals surface area contributed by atoms with E-state index in [9.17, 15) is 14.4 Å². The number of ether oxygens (including phenoxy) is 1. The number of esters is 1. The number of amides is 2. The predicted molar refractivity (Wildman–Crippen MR) is 75.4 cm³/mol. The second-order valence-corrected chi connectivity index (χ2v) is 5.43. The van der Waals surface area contributed by atoms with Gasteiger partial charge in [-0.05, 0) is 19.8 Å². The number of hydrogen-bond donors (Lipinski definition) is 2. The Morgan fingerprint density at radius 2 is 2.19 bits per heavy atom. The lowest BCUT2D eigenvalue weighted by atomic mass is 9.97. The minimum Gasteiger partial charge on any atom is -0.466 e. The van der Waals surface area contributed by atoms with Gasteiger partial charge in [0.1, 0.15) is 0 Å². The highest BCUT2D eigenvalue weighted by atomic mass is 16.5. The zero-order valence-electron chi connectivity index (χ0n) is 12.4. The largest absolute Gasteiger partial charge is 0.466 e. The lowest BCUT2D eigenvalue weighted by molar-refractivity contribution is -0.151. The smallest absolute Gasteiger partial charge is 0.310 e. The first kappa shape index (κ1) is 15.8. The maximum Gasteiger partial charge on any atom is 0.310 e. The Kier molecular flexibility index (Phi) is 5.55. The minimum atomic E-state index is -0.464. The highest BCUT2D eigenvalue weighted by Crippen LogP contribution is 2.19. The molecule has 118 valence electrons. The van der Waals surface area contributed by atoms with E-state index in [1.807, 2.05) is 0 Å². The summed E-state index contributed by atoms with van der Waals surface area (Å²) in [5.41, 5.74) is 0. The van der Waals surface area contributed by atoms with Crippen LogP contribution in [0.4, 0.5) is 0 Å². The highest BCUT2D eigenvalue weighted by Gasteiger charge is 2.32. The van der Waals surface area contributed by atoms with Crippen molar-refractivity contribution in [3.8, 4) is 0 Å². The number of piperazine rings is 1. The molecular weight excluding hydrogens is 274 g/mol. The average Bonchev–Trinajstić information content (AvgIpc) is 2.50. The van der Waals surface area contributed by atoms with Crippen LogP contribution in [0.15, 0.2) is 0 Å². The molecule has 0 bridgehead atoms. The van der Waals surface area contributed by atoms with Gasteiger partial charge in [0.2, 0.25) is 11.8 Å². The van der Waals surface area contributed by atoms with E-state index in [2.05, 4.69) is 10.6 Å². The molecule has 2 aliphatic heterocycles. The normalized spacial score (nSPS) is 26.1. The molecule has 2 amide bonds. The van der Waals surface area contributed by atoms with Crippen LogP contribution in [0, 0.1) is 5.92 Å². The zero-order valence-corrected chi connectivity index (χ0v) is 12.4. The molecule has 0 unspecified atom stereocenters. The number of hydrogen-bond acceptors (Lipinski definition) is 5. The Morgan fingerprint density at radius 1 is 1.38 bits per heavy atom. The van der Waals surface area contributed by atoms with Gasteiger partial charge >= 0.3 is 5.97 Å². The molecule has 0 aromatic carbocycles. The van der Waals surface area contributed by atoms with E-state index in [0.717, 1.165) is 12.8 Å². The van der Waals surface area contributed by atoms with Crippen LogP contribution in [0.1, 0.15) is 26.2 Å². The fraction of sp³-hybridized carbons (Fsp3) is 0.786. The molecule has 2 fully saturated rings. The van der Waals surface area contributed by atoms with Gasteiger partial charge in [-0.25, -0.2) is 0 Å². The van der Waals surface area contributed by atoms with Crippen LogP contribution in [0.5, 0.6) is 0 Å². The summed E-state index contributed by atoms with van der Waals surface area (Å²) < 4.78 is 5.02. The predicted octanol–water partition coefficient (Wildman–Crippen LogP) is -0.734. The van der Waals surface area contributed by atoms with Gasteiger partial charge in [-0.3, -0.25) is 14.4 Å². The molecule has 2 atom stereocenters. The Bertz CT molecular complexity index is 413. The van der Waals surface area contributed by atoms with Crippen molar-refractivity contribution >= 4 is 17.8 Å². The highest BCUT2D eigenvalue weighted by molar-refractivity contribution is 5.89. The van der Waals surface area contributed by atoms with E-state index in [-0.39, 0.29) is 30.1 Å². The maximum absolute atomic E-state index is 12.3. The van der Waals surface area contributed by atoms with Crippen molar-refractivity contribution in [2.45, 2.75) is 32.2 Å². The molecule has 0 aromatic heterocycles. The summed E-state index contributed by atoms with van der Waals surface area (Å²) in [5.74, 6) is -0.688. The summed E-state index contributed by atoms with van der Waals surface area (Å²) in [4.78, 5) is 37.4. The molecule has 0 spiro atoms. The third-order valence-electron chi connectivity index (χ3n) is 3.90. The summed E-state index contributed by atoms with van der Waals surface area (Å²) in [5, 5.41) is 5.78. The molecule has 0 aromatic rings. The molecule has 7 nitrogen and oxygen atoms in total. The number of nitrogens with one attached hydrogen (secondary N) is 2. The SMILES string of the molecule is CCOC(=O)[C@@H]1CCCN(C(=O)C[C@H]2NCCNC2=O)C1. The Labute approximate surface area is 124 Å².